The summed E-state index contributed by atoms with van der Waals surface area (Å²) in [4.78, 5) is 1.70. The van der Waals surface area contributed by atoms with Crippen LogP contribution in [0.2, 0.25) is 20.1 Å². The second-order valence-electron chi connectivity index (χ2n) is 3.26. The Bertz CT molecular complexity index is 514. The fourth-order valence-electron chi connectivity index (χ4n) is 1.29. The highest BCUT2D eigenvalue weighted by Gasteiger charge is 2.08. The molecule has 0 fully saturated rings. The third kappa shape index (κ3) is 3.46. The zero-order chi connectivity index (χ0) is 12.4. The molecular formula is C12H6Cl4S. The zero-order valence-corrected chi connectivity index (χ0v) is 12.2. The maximum Gasteiger partial charge on any atom is 0.0560 e. The van der Waals surface area contributed by atoms with E-state index >= 15 is 0 Å². The minimum atomic E-state index is 0.586. The van der Waals surface area contributed by atoms with Gasteiger partial charge >= 0.3 is 0 Å². The van der Waals surface area contributed by atoms with E-state index in [0.29, 0.717) is 20.1 Å². The third-order valence-corrected chi connectivity index (χ3v) is 4.38. The largest absolute Gasteiger partial charge is 0.0869 e. The number of halogens is 4. The summed E-state index contributed by atoms with van der Waals surface area (Å²) in [6.07, 6.45) is 0. The van der Waals surface area contributed by atoms with Gasteiger partial charge in [-0.3, -0.25) is 0 Å². The van der Waals surface area contributed by atoms with E-state index in [1.54, 1.807) is 24.3 Å². The van der Waals surface area contributed by atoms with Crippen LogP contribution in [-0.2, 0) is 0 Å². The van der Waals surface area contributed by atoms with Crippen LogP contribution in [0.15, 0.2) is 46.2 Å². The van der Waals surface area contributed by atoms with E-state index in [-0.39, 0.29) is 0 Å². The van der Waals surface area contributed by atoms with Gasteiger partial charge < -0.3 is 0 Å². The van der Waals surface area contributed by atoms with Crippen LogP contribution in [0.5, 0.6) is 0 Å². The maximum atomic E-state index is 6.09. The first kappa shape index (κ1) is 13.4. The minimum Gasteiger partial charge on any atom is -0.0869 e. The normalized spacial score (nSPS) is 10.6. The fourth-order valence-corrected chi connectivity index (χ4v) is 3.51. The Balaban J connectivity index is 2.38. The smallest absolute Gasteiger partial charge is 0.0560 e. The molecule has 0 amide bonds. The first-order chi connectivity index (χ1) is 8.06. The highest BCUT2D eigenvalue weighted by Crippen LogP contribution is 2.39. The molecule has 0 aliphatic rings. The van der Waals surface area contributed by atoms with Gasteiger partial charge in [0.05, 0.1) is 10.0 Å². The second kappa shape index (κ2) is 5.73. The lowest BCUT2D eigenvalue weighted by atomic mass is 10.3. The standard InChI is InChI=1S/C12H6Cl4S/c13-7-4-8(14)6-9(5-7)17-12-10(15)2-1-3-11(12)16/h1-6H. The number of hydrogen-bond acceptors (Lipinski definition) is 1. The SMILES string of the molecule is Clc1cc(Cl)cc(Sc2c(Cl)cccc2Cl)c1. The Hall–Kier alpha value is -0.0500. The lowest BCUT2D eigenvalue weighted by molar-refractivity contribution is 1.41. The molecule has 0 unspecified atom stereocenters. The van der Waals surface area contributed by atoms with E-state index in [1.165, 1.54) is 11.8 Å². The van der Waals surface area contributed by atoms with E-state index in [2.05, 4.69) is 0 Å². The van der Waals surface area contributed by atoms with E-state index in [0.717, 1.165) is 9.79 Å². The summed E-state index contributed by atoms with van der Waals surface area (Å²) in [5, 5.41) is 2.39. The molecule has 2 aromatic carbocycles. The quantitative estimate of drug-likeness (QED) is 0.611. The summed E-state index contributed by atoms with van der Waals surface area (Å²) < 4.78 is 0. The topological polar surface area (TPSA) is 0 Å². The molecule has 0 saturated heterocycles. The molecule has 0 N–H and O–H groups in total. The molecule has 2 rings (SSSR count). The summed E-state index contributed by atoms with van der Waals surface area (Å²) in [6, 6.07) is 10.7. The zero-order valence-electron chi connectivity index (χ0n) is 8.38. The molecule has 0 atom stereocenters. The molecule has 0 spiro atoms. The fraction of sp³-hybridized carbons (Fsp3) is 0. The Labute approximate surface area is 124 Å². The third-order valence-electron chi connectivity index (χ3n) is 1.97. The Morgan fingerprint density at radius 3 is 1.82 bits per heavy atom. The van der Waals surface area contributed by atoms with Crippen LogP contribution in [-0.4, -0.2) is 0 Å². The molecular weight excluding hydrogens is 318 g/mol. The van der Waals surface area contributed by atoms with E-state index in [9.17, 15) is 0 Å². The number of rotatable bonds is 2. The van der Waals surface area contributed by atoms with Crippen LogP contribution in [0.1, 0.15) is 0 Å². The van der Waals surface area contributed by atoms with Crippen molar-refractivity contribution in [1.29, 1.82) is 0 Å². The van der Waals surface area contributed by atoms with Crippen LogP contribution in [0.3, 0.4) is 0 Å². The maximum absolute atomic E-state index is 6.09. The predicted octanol–water partition coefficient (Wildman–Crippen LogP) is 6.45. The molecule has 0 aliphatic carbocycles. The van der Waals surface area contributed by atoms with Gasteiger partial charge in [0.1, 0.15) is 0 Å². The van der Waals surface area contributed by atoms with Crippen molar-refractivity contribution in [3.63, 3.8) is 0 Å². The lowest BCUT2D eigenvalue weighted by Gasteiger charge is -2.07. The van der Waals surface area contributed by atoms with Crippen LogP contribution in [0, 0.1) is 0 Å². The van der Waals surface area contributed by atoms with Crippen molar-refractivity contribution in [1.82, 2.24) is 0 Å². The van der Waals surface area contributed by atoms with Gasteiger partial charge in [0.15, 0.2) is 0 Å². The van der Waals surface area contributed by atoms with Crippen molar-refractivity contribution >= 4 is 58.2 Å². The first-order valence-corrected chi connectivity index (χ1v) is 6.97. The highest BCUT2D eigenvalue weighted by atomic mass is 35.5. The molecule has 0 aliphatic heterocycles. The summed E-state index contributed by atoms with van der Waals surface area (Å²) in [5.74, 6) is 0. The molecule has 0 radical (unpaired) electrons. The summed E-state index contributed by atoms with van der Waals surface area (Å²) in [7, 11) is 0. The van der Waals surface area contributed by atoms with Gasteiger partial charge in [-0.2, -0.15) is 0 Å². The van der Waals surface area contributed by atoms with Crippen molar-refractivity contribution in [3.05, 3.63) is 56.5 Å². The van der Waals surface area contributed by atoms with E-state index < -0.39 is 0 Å². The van der Waals surface area contributed by atoms with Crippen molar-refractivity contribution in [2.45, 2.75) is 9.79 Å². The molecule has 0 bridgehead atoms. The van der Waals surface area contributed by atoms with Crippen molar-refractivity contribution in [2.75, 3.05) is 0 Å². The molecule has 17 heavy (non-hydrogen) atoms. The first-order valence-electron chi connectivity index (χ1n) is 4.64. The van der Waals surface area contributed by atoms with Crippen molar-refractivity contribution < 1.29 is 0 Å². The molecule has 0 aromatic heterocycles. The molecule has 88 valence electrons. The number of hydrogen-bond donors (Lipinski definition) is 0. The second-order valence-corrected chi connectivity index (χ2v) is 6.03. The van der Waals surface area contributed by atoms with Gasteiger partial charge in [0.25, 0.3) is 0 Å². The Morgan fingerprint density at radius 2 is 1.29 bits per heavy atom. The van der Waals surface area contributed by atoms with Crippen LogP contribution in [0.25, 0.3) is 0 Å². The molecule has 5 heteroatoms. The molecule has 0 nitrogen and oxygen atoms in total. The van der Waals surface area contributed by atoms with Crippen molar-refractivity contribution in [2.24, 2.45) is 0 Å². The Morgan fingerprint density at radius 1 is 0.765 bits per heavy atom. The minimum absolute atomic E-state index is 0.586. The summed E-state index contributed by atoms with van der Waals surface area (Å²) in [6.45, 7) is 0. The highest BCUT2D eigenvalue weighted by molar-refractivity contribution is 7.99. The molecule has 0 heterocycles. The van der Waals surface area contributed by atoms with Crippen LogP contribution < -0.4 is 0 Å². The van der Waals surface area contributed by atoms with Gasteiger partial charge in [-0.25, -0.2) is 0 Å². The molecule has 2 aromatic rings. The van der Waals surface area contributed by atoms with Gasteiger partial charge in [0.2, 0.25) is 0 Å². The summed E-state index contributed by atoms with van der Waals surface area (Å²) >= 11 is 25.5. The van der Waals surface area contributed by atoms with Gasteiger partial charge in [0, 0.05) is 19.8 Å². The lowest BCUT2D eigenvalue weighted by Crippen LogP contribution is -1.78. The van der Waals surface area contributed by atoms with Crippen LogP contribution in [0.4, 0.5) is 0 Å². The number of benzene rings is 2. The predicted molar refractivity (Wildman–Crippen MR) is 77.0 cm³/mol. The average molecular weight is 324 g/mol. The van der Waals surface area contributed by atoms with Crippen molar-refractivity contribution in [3.8, 4) is 0 Å². The molecule has 0 saturated carbocycles. The van der Waals surface area contributed by atoms with Gasteiger partial charge in [-0.15, -0.1) is 0 Å². The van der Waals surface area contributed by atoms with Crippen LogP contribution >= 0.6 is 58.2 Å². The monoisotopic (exact) mass is 322 g/mol. The Kier molecular flexibility index (Phi) is 4.51. The van der Waals surface area contributed by atoms with E-state index in [4.69, 9.17) is 46.4 Å². The average Bonchev–Trinajstić information content (AvgIpc) is 2.22. The van der Waals surface area contributed by atoms with E-state index in [1.807, 2.05) is 12.1 Å². The van der Waals surface area contributed by atoms with Gasteiger partial charge in [-0.1, -0.05) is 64.2 Å². The van der Waals surface area contributed by atoms with Gasteiger partial charge in [-0.05, 0) is 30.3 Å². The summed E-state index contributed by atoms with van der Waals surface area (Å²) in [5.41, 5.74) is 0.